The smallest absolute Gasteiger partial charge is 0.463 e. The van der Waals surface area contributed by atoms with Crippen LogP contribution in [0.4, 0.5) is 0 Å². The Morgan fingerprint density at radius 1 is 1.19 bits per heavy atom. The SMILES string of the molecule is C=CCOC[C@H](COC(C)=O)O[P@@](=O)(O)OCCCCCC[N+](C)(C)C. The van der Waals surface area contributed by atoms with Crippen LogP contribution in [0, 0.1) is 0 Å². The highest BCUT2D eigenvalue weighted by atomic mass is 31.2. The summed E-state index contributed by atoms with van der Waals surface area (Å²) >= 11 is 0. The average Bonchev–Trinajstić information content (AvgIpc) is 2.50. The van der Waals surface area contributed by atoms with Crippen LogP contribution in [-0.4, -0.2) is 75.6 Å². The maximum atomic E-state index is 12.0. The molecule has 9 heteroatoms. The molecule has 0 aromatic rings. The van der Waals surface area contributed by atoms with Crippen molar-refractivity contribution < 1.29 is 37.3 Å². The number of carbonyl (C=O) groups is 1. The zero-order valence-corrected chi connectivity index (χ0v) is 17.4. The Labute approximate surface area is 157 Å². The fourth-order valence-corrected chi connectivity index (χ4v) is 2.96. The third-order valence-corrected chi connectivity index (χ3v) is 4.35. The minimum absolute atomic E-state index is 0.0156. The number of esters is 1. The van der Waals surface area contributed by atoms with Crippen molar-refractivity contribution in [1.29, 1.82) is 0 Å². The summed E-state index contributed by atoms with van der Waals surface area (Å²) in [6, 6.07) is 0. The zero-order chi connectivity index (χ0) is 20.1. The summed E-state index contributed by atoms with van der Waals surface area (Å²) in [6.45, 7) is 6.02. The van der Waals surface area contributed by atoms with Gasteiger partial charge < -0.3 is 18.9 Å². The van der Waals surface area contributed by atoms with Gasteiger partial charge in [0.05, 0.1) is 47.5 Å². The van der Waals surface area contributed by atoms with Gasteiger partial charge in [-0.1, -0.05) is 12.5 Å². The molecule has 0 aliphatic carbocycles. The van der Waals surface area contributed by atoms with E-state index in [9.17, 15) is 14.3 Å². The first-order valence-electron chi connectivity index (χ1n) is 8.84. The maximum Gasteiger partial charge on any atom is 0.472 e. The molecule has 0 bridgehead atoms. The summed E-state index contributed by atoms with van der Waals surface area (Å²) < 4.78 is 33.0. The van der Waals surface area contributed by atoms with Gasteiger partial charge in [0.2, 0.25) is 0 Å². The molecule has 0 unspecified atom stereocenters. The molecular weight excluding hydrogens is 361 g/mol. The molecule has 0 saturated heterocycles. The van der Waals surface area contributed by atoms with E-state index in [1.165, 1.54) is 13.0 Å². The van der Waals surface area contributed by atoms with Gasteiger partial charge in [-0.2, -0.15) is 0 Å². The summed E-state index contributed by atoms with van der Waals surface area (Å²) in [6.07, 6.45) is 4.38. The summed E-state index contributed by atoms with van der Waals surface area (Å²) in [5, 5.41) is 0. The van der Waals surface area contributed by atoms with Crippen LogP contribution in [0.15, 0.2) is 12.7 Å². The molecule has 0 fully saturated rings. The van der Waals surface area contributed by atoms with E-state index in [1.807, 2.05) is 0 Å². The minimum atomic E-state index is -4.24. The van der Waals surface area contributed by atoms with Gasteiger partial charge in [-0.3, -0.25) is 13.8 Å². The van der Waals surface area contributed by atoms with Crippen molar-refractivity contribution >= 4 is 13.8 Å². The van der Waals surface area contributed by atoms with Crippen LogP contribution >= 0.6 is 7.82 Å². The Bertz CT molecular complexity index is 451. The first kappa shape index (κ1) is 25.2. The third-order valence-electron chi connectivity index (χ3n) is 3.27. The molecule has 0 radical (unpaired) electrons. The zero-order valence-electron chi connectivity index (χ0n) is 16.5. The molecule has 0 aromatic carbocycles. The highest BCUT2D eigenvalue weighted by Crippen LogP contribution is 2.44. The van der Waals surface area contributed by atoms with Crippen molar-refractivity contribution in [3.8, 4) is 0 Å². The fourth-order valence-electron chi connectivity index (χ4n) is 2.04. The van der Waals surface area contributed by atoms with Gasteiger partial charge in [0.25, 0.3) is 0 Å². The number of nitrogens with zero attached hydrogens (tertiary/aromatic N) is 1. The lowest BCUT2D eigenvalue weighted by Crippen LogP contribution is -2.35. The molecule has 0 heterocycles. The molecule has 0 aliphatic heterocycles. The van der Waals surface area contributed by atoms with Gasteiger partial charge in [-0.25, -0.2) is 4.57 Å². The van der Waals surface area contributed by atoms with E-state index in [1.54, 1.807) is 0 Å². The van der Waals surface area contributed by atoms with Gasteiger partial charge >= 0.3 is 13.8 Å². The molecule has 0 spiro atoms. The van der Waals surface area contributed by atoms with Gasteiger partial charge in [-0.05, 0) is 19.3 Å². The third kappa shape index (κ3) is 16.7. The predicted octanol–water partition coefficient (Wildman–Crippen LogP) is 2.52. The minimum Gasteiger partial charge on any atom is -0.463 e. The van der Waals surface area contributed by atoms with E-state index in [2.05, 4.69) is 27.7 Å². The molecular formula is C17H35NO7P+. The van der Waals surface area contributed by atoms with Gasteiger partial charge in [-0.15, -0.1) is 6.58 Å². The van der Waals surface area contributed by atoms with Crippen molar-refractivity contribution in [2.24, 2.45) is 0 Å². The number of quaternary nitrogens is 1. The quantitative estimate of drug-likeness (QED) is 0.141. The van der Waals surface area contributed by atoms with Crippen LogP contribution in [0.5, 0.6) is 0 Å². The number of carbonyl (C=O) groups excluding carboxylic acids is 1. The van der Waals surface area contributed by atoms with Gasteiger partial charge in [0.15, 0.2) is 0 Å². The Balaban J connectivity index is 4.12. The molecule has 2 atom stereocenters. The van der Waals surface area contributed by atoms with E-state index in [-0.39, 0.29) is 26.4 Å². The van der Waals surface area contributed by atoms with Crippen molar-refractivity contribution in [2.45, 2.75) is 38.7 Å². The monoisotopic (exact) mass is 396 g/mol. The predicted molar refractivity (Wildman–Crippen MR) is 99.7 cm³/mol. The molecule has 1 N–H and O–H groups in total. The van der Waals surface area contributed by atoms with E-state index in [0.29, 0.717) is 6.42 Å². The molecule has 0 amide bonds. The lowest BCUT2D eigenvalue weighted by molar-refractivity contribution is -0.870. The van der Waals surface area contributed by atoms with Crippen LogP contribution in [0.3, 0.4) is 0 Å². The van der Waals surface area contributed by atoms with E-state index in [0.717, 1.165) is 30.3 Å². The second-order valence-electron chi connectivity index (χ2n) is 7.09. The molecule has 0 aromatic heterocycles. The number of phosphoric ester groups is 1. The highest BCUT2D eigenvalue weighted by Gasteiger charge is 2.27. The average molecular weight is 396 g/mol. The number of hydrogen-bond acceptors (Lipinski definition) is 6. The summed E-state index contributed by atoms with van der Waals surface area (Å²) in [5.41, 5.74) is 0. The normalized spacial score (nSPS) is 15.3. The summed E-state index contributed by atoms with van der Waals surface area (Å²) in [5.74, 6) is -0.509. The van der Waals surface area contributed by atoms with Crippen LogP contribution < -0.4 is 0 Å². The first-order chi connectivity index (χ1) is 12.1. The summed E-state index contributed by atoms with van der Waals surface area (Å²) in [7, 11) is 2.20. The first-order valence-corrected chi connectivity index (χ1v) is 10.3. The van der Waals surface area contributed by atoms with E-state index < -0.39 is 19.9 Å². The van der Waals surface area contributed by atoms with Crippen LogP contribution in [0.25, 0.3) is 0 Å². The Hall–Kier alpha value is -0.760. The Kier molecular flexibility index (Phi) is 13.0. The lowest BCUT2D eigenvalue weighted by atomic mass is 10.2. The van der Waals surface area contributed by atoms with Crippen molar-refractivity contribution in [3.63, 3.8) is 0 Å². The molecule has 0 aliphatic rings. The second kappa shape index (κ2) is 13.4. The molecule has 0 rings (SSSR count). The van der Waals surface area contributed by atoms with Crippen molar-refractivity contribution in [1.82, 2.24) is 0 Å². The number of ether oxygens (including phenoxy) is 2. The number of hydrogen-bond donors (Lipinski definition) is 1. The Morgan fingerprint density at radius 2 is 1.85 bits per heavy atom. The summed E-state index contributed by atoms with van der Waals surface area (Å²) in [4.78, 5) is 20.7. The fraction of sp³-hybridized carbons (Fsp3) is 0.824. The van der Waals surface area contributed by atoms with E-state index in [4.69, 9.17) is 18.5 Å². The second-order valence-corrected chi connectivity index (χ2v) is 8.49. The number of phosphoric acid groups is 1. The van der Waals surface area contributed by atoms with Crippen LogP contribution in [0.2, 0.25) is 0 Å². The topological polar surface area (TPSA) is 91.3 Å². The molecule has 154 valence electrons. The number of unbranched alkanes of at least 4 members (excludes halogenated alkanes) is 3. The van der Waals surface area contributed by atoms with E-state index >= 15 is 0 Å². The van der Waals surface area contributed by atoms with Crippen molar-refractivity contribution in [2.75, 3.05) is 54.1 Å². The number of rotatable bonds is 16. The standard InChI is InChI=1S/C17H34NO7P/c1-6-12-22-14-17(15-23-16(2)19)25-26(20,21)24-13-10-8-7-9-11-18(3,4)5/h6,17H,1,7-15H2,2-5H3/p+1/t17-/m1/s1. The lowest BCUT2D eigenvalue weighted by Gasteiger charge is -2.23. The van der Waals surface area contributed by atoms with Gasteiger partial charge in [0.1, 0.15) is 12.7 Å². The van der Waals surface area contributed by atoms with Crippen LogP contribution in [-0.2, 0) is 27.9 Å². The van der Waals surface area contributed by atoms with Crippen LogP contribution in [0.1, 0.15) is 32.6 Å². The largest absolute Gasteiger partial charge is 0.472 e. The molecule has 8 nitrogen and oxygen atoms in total. The molecule has 26 heavy (non-hydrogen) atoms. The molecule has 0 saturated carbocycles. The van der Waals surface area contributed by atoms with Gasteiger partial charge in [0, 0.05) is 6.92 Å². The highest BCUT2D eigenvalue weighted by molar-refractivity contribution is 7.47. The Morgan fingerprint density at radius 3 is 2.42 bits per heavy atom. The maximum absolute atomic E-state index is 12.0. The van der Waals surface area contributed by atoms with Crippen molar-refractivity contribution in [3.05, 3.63) is 12.7 Å².